The second kappa shape index (κ2) is 20.4. The minimum absolute atomic E-state index is 0.0806. The Hall–Kier alpha value is -0.873. The van der Waals surface area contributed by atoms with E-state index in [4.69, 9.17) is 4.74 Å². The van der Waals surface area contributed by atoms with Gasteiger partial charge in [-0.05, 0) is 57.5 Å². The standard InChI is InChI=1S/C22H42O3Si/c1-3-4-5-6-7-8-9-10-11-12-13-14-15-16-17-19-22(23)25-20-18-21-26(2)24/h7-8,10-11,24,26H,3-6,9,12-21H2,1-2H3. The molecule has 3 nitrogen and oxygen atoms in total. The predicted octanol–water partition coefficient (Wildman–Crippen LogP) is 6.08. The molecule has 1 N–H and O–H groups in total. The first-order valence-electron chi connectivity index (χ1n) is 10.8. The number of carbonyl (C=O) groups excluding carboxylic acids is 1. The molecular formula is C22H42O3Si. The van der Waals surface area contributed by atoms with Crippen LogP contribution < -0.4 is 0 Å². The smallest absolute Gasteiger partial charge is 0.305 e. The first-order valence-corrected chi connectivity index (χ1v) is 13.3. The van der Waals surface area contributed by atoms with Crippen LogP contribution in [0.5, 0.6) is 0 Å². The van der Waals surface area contributed by atoms with Crippen LogP contribution in [0.2, 0.25) is 12.6 Å². The number of unbranched alkanes of at least 4 members (excludes halogenated alkanes) is 8. The van der Waals surface area contributed by atoms with Crippen molar-refractivity contribution in [2.45, 2.75) is 103 Å². The average Bonchev–Trinajstić information content (AvgIpc) is 2.62. The number of esters is 1. The molecule has 0 heterocycles. The zero-order chi connectivity index (χ0) is 19.3. The van der Waals surface area contributed by atoms with Gasteiger partial charge in [-0.15, -0.1) is 0 Å². The molecule has 152 valence electrons. The van der Waals surface area contributed by atoms with Crippen molar-refractivity contribution in [1.29, 1.82) is 0 Å². The van der Waals surface area contributed by atoms with Crippen molar-refractivity contribution in [3.05, 3.63) is 24.3 Å². The largest absolute Gasteiger partial charge is 0.466 e. The van der Waals surface area contributed by atoms with Gasteiger partial charge in [-0.3, -0.25) is 4.79 Å². The number of carbonyl (C=O) groups is 1. The van der Waals surface area contributed by atoms with Crippen molar-refractivity contribution >= 4 is 15.0 Å². The van der Waals surface area contributed by atoms with Crippen LogP contribution in [0, 0.1) is 0 Å². The van der Waals surface area contributed by atoms with Gasteiger partial charge in [0.25, 0.3) is 0 Å². The van der Waals surface area contributed by atoms with Crippen molar-refractivity contribution in [1.82, 2.24) is 0 Å². The summed E-state index contributed by atoms with van der Waals surface area (Å²) in [5.41, 5.74) is 0. The zero-order valence-corrected chi connectivity index (χ0v) is 18.4. The van der Waals surface area contributed by atoms with Gasteiger partial charge in [-0.1, -0.05) is 63.3 Å². The fraction of sp³-hybridized carbons (Fsp3) is 0.773. The molecule has 26 heavy (non-hydrogen) atoms. The van der Waals surface area contributed by atoms with Crippen LogP contribution in [-0.2, 0) is 9.53 Å². The molecule has 4 heteroatoms. The summed E-state index contributed by atoms with van der Waals surface area (Å²) in [5, 5.41) is 0. The van der Waals surface area contributed by atoms with Gasteiger partial charge in [0.05, 0.1) is 6.61 Å². The zero-order valence-electron chi connectivity index (χ0n) is 17.3. The molecule has 0 rings (SSSR count). The molecule has 0 aliphatic heterocycles. The molecule has 0 bridgehead atoms. The summed E-state index contributed by atoms with van der Waals surface area (Å²) in [7, 11) is -1.49. The van der Waals surface area contributed by atoms with E-state index in [2.05, 4.69) is 31.2 Å². The highest BCUT2D eigenvalue weighted by atomic mass is 28.3. The van der Waals surface area contributed by atoms with Gasteiger partial charge in [0.2, 0.25) is 0 Å². The van der Waals surface area contributed by atoms with E-state index < -0.39 is 9.04 Å². The van der Waals surface area contributed by atoms with Crippen LogP contribution in [0.15, 0.2) is 24.3 Å². The number of ether oxygens (including phenoxy) is 1. The monoisotopic (exact) mass is 382 g/mol. The van der Waals surface area contributed by atoms with Crippen LogP contribution >= 0.6 is 0 Å². The third kappa shape index (κ3) is 21.2. The van der Waals surface area contributed by atoms with Gasteiger partial charge in [0.1, 0.15) is 0 Å². The molecule has 1 atom stereocenters. The van der Waals surface area contributed by atoms with Gasteiger partial charge in [-0.25, -0.2) is 0 Å². The highest BCUT2D eigenvalue weighted by molar-refractivity contribution is 6.48. The van der Waals surface area contributed by atoms with Crippen LogP contribution in [0.1, 0.15) is 90.4 Å². The van der Waals surface area contributed by atoms with Crippen molar-refractivity contribution in [2.75, 3.05) is 6.61 Å². The Labute approximate surface area is 163 Å². The van der Waals surface area contributed by atoms with E-state index in [-0.39, 0.29) is 5.97 Å². The Kier molecular flexibility index (Phi) is 19.8. The summed E-state index contributed by atoms with van der Waals surface area (Å²) in [6.07, 6.45) is 23.6. The molecule has 0 radical (unpaired) electrons. The summed E-state index contributed by atoms with van der Waals surface area (Å²) in [4.78, 5) is 20.8. The lowest BCUT2D eigenvalue weighted by Gasteiger charge is -2.05. The number of allylic oxidation sites excluding steroid dienone is 4. The van der Waals surface area contributed by atoms with Crippen molar-refractivity contribution in [3.8, 4) is 0 Å². The number of rotatable bonds is 18. The van der Waals surface area contributed by atoms with Crippen LogP contribution in [0.3, 0.4) is 0 Å². The highest BCUT2D eigenvalue weighted by Gasteiger charge is 2.03. The Morgan fingerprint density at radius 3 is 2.15 bits per heavy atom. The van der Waals surface area contributed by atoms with E-state index in [9.17, 15) is 9.59 Å². The molecule has 1 unspecified atom stereocenters. The van der Waals surface area contributed by atoms with Crippen molar-refractivity contribution in [2.24, 2.45) is 0 Å². The summed E-state index contributed by atoms with van der Waals surface area (Å²) in [6.45, 7) is 4.60. The predicted molar refractivity (Wildman–Crippen MR) is 115 cm³/mol. The molecule has 0 spiro atoms. The first-order chi connectivity index (χ1) is 12.7. The first kappa shape index (κ1) is 25.1. The van der Waals surface area contributed by atoms with Crippen LogP contribution in [0.4, 0.5) is 0 Å². The SMILES string of the molecule is CCCCCC=CCC=CCCCCCCCC(=O)OCCC[SiH](C)O. The van der Waals surface area contributed by atoms with Gasteiger partial charge in [-0.2, -0.15) is 0 Å². The van der Waals surface area contributed by atoms with Crippen molar-refractivity contribution in [3.63, 3.8) is 0 Å². The Morgan fingerprint density at radius 1 is 0.885 bits per heavy atom. The third-order valence-electron chi connectivity index (χ3n) is 4.36. The van der Waals surface area contributed by atoms with Crippen molar-refractivity contribution < 1.29 is 14.3 Å². The Balaban J connectivity index is 3.27. The van der Waals surface area contributed by atoms with Gasteiger partial charge < -0.3 is 9.53 Å². The Morgan fingerprint density at radius 2 is 1.50 bits per heavy atom. The minimum atomic E-state index is -1.49. The van der Waals surface area contributed by atoms with Gasteiger partial charge in [0, 0.05) is 6.42 Å². The van der Waals surface area contributed by atoms with E-state index in [0.29, 0.717) is 13.0 Å². The average molecular weight is 383 g/mol. The fourth-order valence-corrected chi connectivity index (χ4v) is 3.48. The molecule has 0 aliphatic carbocycles. The second-order valence-corrected chi connectivity index (χ2v) is 9.47. The molecule has 0 saturated heterocycles. The Bertz CT molecular complexity index is 364. The molecule has 0 fully saturated rings. The number of hydrogen-bond acceptors (Lipinski definition) is 3. The fourth-order valence-electron chi connectivity index (χ4n) is 2.72. The van der Waals surface area contributed by atoms with E-state index in [1.807, 2.05) is 6.55 Å². The van der Waals surface area contributed by atoms with E-state index in [0.717, 1.165) is 38.1 Å². The summed E-state index contributed by atoms with van der Waals surface area (Å²) >= 11 is 0. The topological polar surface area (TPSA) is 46.5 Å². The highest BCUT2D eigenvalue weighted by Crippen LogP contribution is 2.09. The number of hydrogen-bond donors (Lipinski definition) is 1. The normalized spacial score (nSPS) is 12.9. The van der Waals surface area contributed by atoms with E-state index in [1.54, 1.807) is 0 Å². The van der Waals surface area contributed by atoms with E-state index in [1.165, 1.54) is 44.9 Å². The lowest BCUT2D eigenvalue weighted by Crippen LogP contribution is -2.09. The minimum Gasteiger partial charge on any atom is -0.466 e. The summed E-state index contributed by atoms with van der Waals surface area (Å²) < 4.78 is 5.17. The molecule has 0 amide bonds. The maximum atomic E-state index is 11.5. The molecule has 0 aromatic carbocycles. The lowest BCUT2D eigenvalue weighted by molar-refractivity contribution is -0.143. The van der Waals surface area contributed by atoms with Gasteiger partial charge >= 0.3 is 5.97 Å². The lowest BCUT2D eigenvalue weighted by atomic mass is 10.1. The maximum absolute atomic E-state index is 11.5. The van der Waals surface area contributed by atoms with Crippen LogP contribution in [0.25, 0.3) is 0 Å². The summed E-state index contributed by atoms with van der Waals surface area (Å²) in [6, 6.07) is 0.830. The second-order valence-electron chi connectivity index (χ2n) is 7.19. The molecular weight excluding hydrogens is 340 g/mol. The molecule has 0 aliphatic rings. The third-order valence-corrected chi connectivity index (χ3v) is 5.60. The summed E-state index contributed by atoms with van der Waals surface area (Å²) in [5.74, 6) is -0.0806. The quantitative estimate of drug-likeness (QED) is 0.135. The molecule has 0 saturated carbocycles. The maximum Gasteiger partial charge on any atom is 0.305 e. The van der Waals surface area contributed by atoms with Crippen LogP contribution in [-0.4, -0.2) is 26.4 Å². The molecule has 0 aromatic rings. The molecule has 0 aromatic heterocycles. The van der Waals surface area contributed by atoms with Gasteiger partial charge in [0.15, 0.2) is 9.04 Å². The van der Waals surface area contributed by atoms with E-state index >= 15 is 0 Å².